The molecule has 5 nitrogen and oxygen atoms in total. The largest absolute Gasteiger partial charge is 0.312 e. The van der Waals surface area contributed by atoms with Gasteiger partial charge in [0, 0.05) is 19.6 Å². The lowest BCUT2D eigenvalue weighted by atomic mass is 9.86. The van der Waals surface area contributed by atoms with Gasteiger partial charge in [0.25, 0.3) is 0 Å². The van der Waals surface area contributed by atoms with Crippen LogP contribution in [0.1, 0.15) is 33.0 Å². The average molecular weight is 251 g/mol. The standard InChI is InChI=1S/C13H25N5/c1-13(2,3)11-8-18(7-5-6-14-11)9-12-15-10-16-17(12)4/h10-11,14H,5-9H2,1-4H3. The minimum absolute atomic E-state index is 0.294. The van der Waals surface area contributed by atoms with E-state index in [-0.39, 0.29) is 0 Å². The van der Waals surface area contributed by atoms with Gasteiger partial charge in [-0.15, -0.1) is 0 Å². The van der Waals surface area contributed by atoms with Crippen LogP contribution in [0.5, 0.6) is 0 Å². The molecule has 18 heavy (non-hydrogen) atoms. The molecule has 2 rings (SSSR count). The van der Waals surface area contributed by atoms with Crippen molar-refractivity contribution in [1.82, 2.24) is 25.0 Å². The molecule has 1 saturated heterocycles. The van der Waals surface area contributed by atoms with E-state index in [9.17, 15) is 0 Å². The van der Waals surface area contributed by atoms with E-state index in [0.29, 0.717) is 11.5 Å². The van der Waals surface area contributed by atoms with Crippen LogP contribution < -0.4 is 5.32 Å². The summed E-state index contributed by atoms with van der Waals surface area (Å²) in [6, 6.07) is 0.535. The third kappa shape index (κ3) is 3.29. The number of aromatic nitrogens is 3. The molecule has 1 unspecified atom stereocenters. The van der Waals surface area contributed by atoms with Gasteiger partial charge in [-0.2, -0.15) is 5.10 Å². The first-order chi connectivity index (χ1) is 8.47. The van der Waals surface area contributed by atoms with Crippen LogP contribution in [0.15, 0.2) is 6.33 Å². The van der Waals surface area contributed by atoms with E-state index in [0.717, 1.165) is 32.0 Å². The lowest BCUT2D eigenvalue weighted by molar-refractivity contribution is 0.188. The molecular weight excluding hydrogens is 226 g/mol. The van der Waals surface area contributed by atoms with Crippen molar-refractivity contribution < 1.29 is 0 Å². The number of aryl methyl sites for hydroxylation is 1. The summed E-state index contributed by atoms with van der Waals surface area (Å²) in [4.78, 5) is 6.80. The van der Waals surface area contributed by atoms with Gasteiger partial charge in [-0.3, -0.25) is 9.58 Å². The summed E-state index contributed by atoms with van der Waals surface area (Å²) >= 11 is 0. The first-order valence-corrected chi connectivity index (χ1v) is 6.75. The van der Waals surface area contributed by atoms with E-state index in [4.69, 9.17) is 0 Å². The minimum Gasteiger partial charge on any atom is -0.312 e. The van der Waals surface area contributed by atoms with Crippen molar-refractivity contribution in [3.63, 3.8) is 0 Å². The fourth-order valence-corrected chi connectivity index (χ4v) is 2.38. The van der Waals surface area contributed by atoms with Crippen LogP contribution in [0, 0.1) is 5.41 Å². The highest BCUT2D eigenvalue weighted by molar-refractivity contribution is 4.89. The van der Waals surface area contributed by atoms with Crippen LogP contribution in [-0.4, -0.2) is 45.3 Å². The monoisotopic (exact) mass is 251 g/mol. The van der Waals surface area contributed by atoms with Gasteiger partial charge >= 0.3 is 0 Å². The third-order valence-electron chi connectivity index (χ3n) is 3.70. The Hall–Kier alpha value is -0.940. The van der Waals surface area contributed by atoms with Crippen LogP contribution in [0.2, 0.25) is 0 Å². The lowest BCUT2D eigenvalue weighted by Crippen LogP contribution is -2.46. The van der Waals surface area contributed by atoms with Crippen LogP contribution >= 0.6 is 0 Å². The second kappa shape index (κ2) is 5.36. The van der Waals surface area contributed by atoms with Crippen molar-refractivity contribution in [1.29, 1.82) is 0 Å². The van der Waals surface area contributed by atoms with Crippen molar-refractivity contribution in [3.8, 4) is 0 Å². The Bertz CT molecular complexity index is 379. The van der Waals surface area contributed by atoms with Gasteiger partial charge in [0.2, 0.25) is 0 Å². The van der Waals surface area contributed by atoms with Crippen LogP contribution in [-0.2, 0) is 13.6 Å². The molecule has 1 aliphatic rings. The maximum absolute atomic E-state index is 4.32. The van der Waals surface area contributed by atoms with Crippen LogP contribution in [0.25, 0.3) is 0 Å². The number of nitrogens with one attached hydrogen (secondary N) is 1. The third-order valence-corrected chi connectivity index (χ3v) is 3.70. The lowest BCUT2D eigenvalue weighted by Gasteiger charge is -2.33. The van der Waals surface area contributed by atoms with Crippen molar-refractivity contribution in [2.45, 2.75) is 39.8 Å². The second-order valence-corrected chi connectivity index (χ2v) is 6.26. The summed E-state index contributed by atoms with van der Waals surface area (Å²) in [5, 5.41) is 7.80. The summed E-state index contributed by atoms with van der Waals surface area (Å²) in [6.45, 7) is 11.1. The van der Waals surface area contributed by atoms with Crippen molar-refractivity contribution in [2.75, 3.05) is 19.6 Å². The van der Waals surface area contributed by atoms with Gasteiger partial charge < -0.3 is 5.32 Å². The maximum Gasteiger partial charge on any atom is 0.140 e. The quantitative estimate of drug-likeness (QED) is 0.852. The molecule has 5 heteroatoms. The Labute approximate surface area is 110 Å². The molecule has 0 amide bonds. The molecule has 102 valence electrons. The molecule has 1 aliphatic heterocycles. The first-order valence-electron chi connectivity index (χ1n) is 6.75. The molecule has 0 aliphatic carbocycles. The first kappa shape index (κ1) is 13.5. The highest BCUT2D eigenvalue weighted by Gasteiger charge is 2.28. The molecule has 1 N–H and O–H groups in total. The van der Waals surface area contributed by atoms with Gasteiger partial charge in [-0.1, -0.05) is 20.8 Å². The van der Waals surface area contributed by atoms with E-state index in [1.165, 1.54) is 6.42 Å². The topological polar surface area (TPSA) is 46.0 Å². The smallest absolute Gasteiger partial charge is 0.140 e. The molecule has 1 atom stereocenters. The molecule has 1 aromatic heterocycles. The van der Waals surface area contributed by atoms with E-state index >= 15 is 0 Å². The fourth-order valence-electron chi connectivity index (χ4n) is 2.38. The van der Waals surface area contributed by atoms with Crippen molar-refractivity contribution in [3.05, 3.63) is 12.2 Å². The van der Waals surface area contributed by atoms with Crippen molar-refractivity contribution in [2.24, 2.45) is 12.5 Å². The molecule has 0 aromatic carbocycles. The summed E-state index contributed by atoms with van der Waals surface area (Å²) < 4.78 is 1.87. The number of hydrogen-bond donors (Lipinski definition) is 1. The molecule has 0 saturated carbocycles. The summed E-state index contributed by atoms with van der Waals surface area (Å²) in [5.41, 5.74) is 0.294. The Morgan fingerprint density at radius 2 is 2.22 bits per heavy atom. The fraction of sp³-hybridized carbons (Fsp3) is 0.846. The average Bonchev–Trinajstić information content (AvgIpc) is 2.54. The highest BCUT2D eigenvalue weighted by Crippen LogP contribution is 2.22. The Morgan fingerprint density at radius 3 is 2.83 bits per heavy atom. The van der Waals surface area contributed by atoms with Gasteiger partial charge in [-0.05, 0) is 24.9 Å². The predicted molar refractivity (Wildman–Crippen MR) is 72.1 cm³/mol. The Morgan fingerprint density at radius 1 is 1.44 bits per heavy atom. The number of hydrogen-bond acceptors (Lipinski definition) is 4. The zero-order valence-electron chi connectivity index (χ0n) is 12.0. The van der Waals surface area contributed by atoms with E-state index in [2.05, 4.69) is 41.1 Å². The Balaban J connectivity index is 2.01. The van der Waals surface area contributed by atoms with Gasteiger partial charge in [0.15, 0.2) is 0 Å². The molecular formula is C13H25N5. The number of nitrogens with zero attached hydrogens (tertiary/aromatic N) is 4. The number of rotatable bonds is 2. The summed E-state index contributed by atoms with van der Waals surface area (Å²) in [5.74, 6) is 1.05. The maximum atomic E-state index is 4.32. The normalized spacial score (nSPS) is 23.0. The molecule has 0 radical (unpaired) electrons. The van der Waals surface area contributed by atoms with E-state index in [1.54, 1.807) is 6.33 Å². The molecule has 1 fully saturated rings. The molecule has 0 bridgehead atoms. The van der Waals surface area contributed by atoms with Crippen LogP contribution in [0.4, 0.5) is 0 Å². The van der Waals surface area contributed by atoms with E-state index in [1.807, 2.05) is 11.7 Å². The summed E-state index contributed by atoms with van der Waals surface area (Å²) in [7, 11) is 1.96. The van der Waals surface area contributed by atoms with Gasteiger partial charge in [0.05, 0.1) is 6.54 Å². The molecule has 0 spiro atoms. The van der Waals surface area contributed by atoms with Gasteiger partial charge in [-0.25, -0.2) is 4.98 Å². The Kier molecular flexibility index (Phi) is 4.02. The second-order valence-electron chi connectivity index (χ2n) is 6.26. The minimum atomic E-state index is 0.294. The van der Waals surface area contributed by atoms with Crippen molar-refractivity contribution >= 4 is 0 Å². The SMILES string of the molecule is Cn1ncnc1CN1CCCNC(C(C)(C)C)C1. The van der Waals surface area contributed by atoms with E-state index < -0.39 is 0 Å². The molecule has 2 heterocycles. The summed E-state index contributed by atoms with van der Waals surface area (Å²) in [6.07, 6.45) is 2.83. The zero-order valence-corrected chi connectivity index (χ0v) is 12.0. The van der Waals surface area contributed by atoms with Crippen LogP contribution in [0.3, 0.4) is 0 Å². The van der Waals surface area contributed by atoms with Gasteiger partial charge in [0.1, 0.15) is 12.2 Å². The molecule has 1 aromatic rings. The highest BCUT2D eigenvalue weighted by atomic mass is 15.3. The predicted octanol–water partition coefficient (Wildman–Crippen LogP) is 1.03. The zero-order chi connectivity index (χ0) is 13.2.